The number of nitrogens with two attached hydrogens (primary N) is 1. The van der Waals surface area contributed by atoms with Gasteiger partial charge in [-0.25, -0.2) is 8.42 Å². The molecule has 0 spiro atoms. The molecule has 0 aliphatic rings. The fourth-order valence-corrected chi connectivity index (χ4v) is 6.03. The number of hydrogen-bond acceptors (Lipinski definition) is 8. The van der Waals surface area contributed by atoms with Gasteiger partial charge in [0.1, 0.15) is 0 Å². The summed E-state index contributed by atoms with van der Waals surface area (Å²) >= 11 is 0. The SMILES string of the molecule is CCCCCCCCCCCCOS(=O)(=O)[O-].CCO[Si](CCCN)(OCC)OCC.[Na+]. The van der Waals surface area contributed by atoms with Crippen LogP contribution in [0.2, 0.25) is 6.04 Å². The fourth-order valence-electron chi connectivity index (χ4n) is 3.07. The van der Waals surface area contributed by atoms with Gasteiger partial charge in [0.15, 0.2) is 0 Å². The van der Waals surface area contributed by atoms with Crippen LogP contribution in [0.15, 0.2) is 0 Å². The van der Waals surface area contributed by atoms with Crippen LogP contribution in [0.4, 0.5) is 0 Å². The summed E-state index contributed by atoms with van der Waals surface area (Å²) in [5.74, 6) is 0. The van der Waals surface area contributed by atoms with Crippen molar-refractivity contribution in [3.63, 3.8) is 0 Å². The molecule has 0 bridgehead atoms. The summed E-state index contributed by atoms with van der Waals surface area (Å²) in [5, 5.41) is 0. The quantitative estimate of drug-likeness (QED) is 0.108. The van der Waals surface area contributed by atoms with Gasteiger partial charge in [-0.2, -0.15) is 0 Å². The molecule has 0 aromatic heterocycles. The van der Waals surface area contributed by atoms with E-state index in [2.05, 4.69) is 11.1 Å². The van der Waals surface area contributed by atoms with Crippen LogP contribution in [-0.2, 0) is 27.9 Å². The molecule has 0 saturated heterocycles. The third kappa shape index (κ3) is 27.2. The molecule has 0 unspecified atom stereocenters. The summed E-state index contributed by atoms with van der Waals surface area (Å²) in [6.07, 6.45) is 12.6. The predicted molar refractivity (Wildman–Crippen MR) is 127 cm³/mol. The van der Waals surface area contributed by atoms with Gasteiger partial charge in [0, 0.05) is 25.9 Å². The zero-order valence-corrected chi connectivity index (χ0v) is 25.2. The van der Waals surface area contributed by atoms with Gasteiger partial charge in [-0.05, 0) is 40.2 Å². The minimum absolute atomic E-state index is 0. The van der Waals surface area contributed by atoms with Crippen LogP contribution in [0, 0.1) is 0 Å². The Hall–Kier alpha value is 0.927. The molecule has 0 aromatic carbocycles. The Bertz CT molecular complexity index is 456. The van der Waals surface area contributed by atoms with E-state index in [1.54, 1.807) is 0 Å². The summed E-state index contributed by atoms with van der Waals surface area (Å²) in [6.45, 7) is 10.7. The van der Waals surface area contributed by atoms with Crippen molar-refractivity contribution in [3.05, 3.63) is 0 Å². The maximum absolute atomic E-state index is 10.1. The first-order valence-corrected chi connectivity index (χ1v) is 15.3. The molecule has 0 aliphatic heterocycles. The minimum Gasteiger partial charge on any atom is -0.726 e. The van der Waals surface area contributed by atoms with Gasteiger partial charge in [0.25, 0.3) is 0 Å². The van der Waals surface area contributed by atoms with Gasteiger partial charge in [-0.3, -0.25) is 4.18 Å². The van der Waals surface area contributed by atoms with Crippen molar-refractivity contribution < 1.29 is 60.0 Å². The van der Waals surface area contributed by atoms with Crippen LogP contribution in [0.3, 0.4) is 0 Å². The van der Waals surface area contributed by atoms with Gasteiger partial charge >= 0.3 is 38.4 Å². The van der Waals surface area contributed by atoms with Crippen molar-refractivity contribution >= 4 is 19.2 Å². The van der Waals surface area contributed by atoms with Crippen LogP contribution in [-0.4, -0.2) is 54.7 Å². The van der Waals surface area contributed by atoms with Crippen molar-refractivity contribution in [1.82, 2.24) is 0 Å². The molecule has 0 amide bonds. The van der Waals surface area contributed by atoms with E-state index in [1.807, 2.05) is 20.8 Å². The zero-order chi connectivity index (χ0) is 23.8. The molecule has 0 aliphatic carbocycles. The van der Waals surface area contributed by atoms with E-state index in [4.69, 9.17) is 19.0 Å². The van der Waals surface area contributed by atoms with Crippen molar-refractivity contribution in [3.8, 4) is 0 Å². The van der Waals surface area contributed by atoms with Crippen LogP contribution < -0.4 is 35.3 Å². The molecule has 2 N–H and O–H groups in total. The number of hydrogen-bond donors (Lipinski definition) is 1. The van der Waals surface area contributed by atoms with E-state index in [0.29, 0.717) is 32.8 Å². The zero-order valence-electron chi connectivity index (χ0n) is 21.4. The third-order valence-electron chi connectivity index (χ3n) is 4.51. The smallest absolute Gasteiger partial charge is 0.726 e. The van der Waals surface area contributed by atoms with Crippen LogP contribution in [0.5, 0.6) is 0 Å². The second-order valence-electron chi connectivity index (χ2n) is 7.29. The topological polar surface area (TPSA) is 120 Å². The minimum atomic E-state index is -4.48. The normalized spacial score (nSPS) is 11.6. The first kappa shape index (κ1) is 37.5. The first-order chi connectivity index (χ1) is 14.8. The Labute approximate surface area is 221 Å². The number of unbranched alkanes of at least 4 members (excludes halogenated alkanes) is 9. The first-order valence-electron chi connectivity index (χ1n) is 12.0. The van der Waals surface area contributed by atoms with Crippen molar-refractivity contribution in [2.45, 2.75) is 104 Å². The standard InChI is InChI=1S/C12H26O4S.C9H23NO3Si.Na/c1-2-3-4-5-6-7-8-9-10-11-12-16-17(13,14)15;1-4-11-14(12-5-2,13-6-3)9-7-8-10;/h2-12H2,1H3,(H,13,14,15);4-10H2,1-3H3;/q;;+1/p-1. The maximum atomic E-state index is 10.1. The summed E-state index contributed by atoms with van der Waals surface area (Å²) in [5.41, 5.74) is 5.48. The molecular weight excluding hydrogens is 461 g/mol. The molecule has 0 atom stereocenters. The Morgan fingerprint density at radius 2 is 1.12 bits per heavy atom. The van der Waals surface area contributed by atoms with E-state index in [-0.39, 0.29) is 36.2 Å². The van der Waals surface area contributed by atoms with Gasteiger partial charge in [0.05, 0.1) is 6.61 Å². The van der Waals surface area contributed by atoms with Crippen molar-refractivity contribution in [1.29, 1.82) is 0 Å². The van der Waals surface area contributed by atoms with Gasteiger partial charge in [-0.15, -0.1) is 0 Å². The van der Waals surface area contributed by atoms with Crippen molar-refractivity contribution in [2.24, 2.45) is 5.73 Å². The largest absolute Gasteiger partial charge is 1.00 e. The maximum Gasteiger partial charge on any atom is 1.00 e. The van der Waals surface area contributed by atoms with Crippen LogP contribution in [0.25, 0.3) is 0 Å². The molecule has 0 heterocycles. The second kappa shape index (κ2) is 26.5. The Kier molecular flexibility index (Phi) is 31.1. The molecule has 190 valence electrons. The molecule has 0 fully saturated rings. The Morgan fingerprint density at radius 3 is 1.47 bits per heavy atom. The second-order valence-corrected chi connectivity index (χ2v) is 11.1. The Balaban J connectivity index is -0.000000519. The number of rotatable bonds is 21. The van der Waals surface area contributed by atoms with Gasteiger partial charge in [-0.1, -0.05) is 64.7 Å². The molecule has 11 heteroatoms. The summed E-state index contributed by atoms with van der Waals surface area (Å²) < 4.78 is 51.4. The van der Waals surface area contributed by atoms with Gasteiger partial charge < -0.3 is 23.6 Å². The Morgan fingerprint density at radius 1 is 0.719 bits per heavy atom. The molecule has 32 heavy (non-hydrogen) atoms. The molecule has 0 saturated carbocycles. The van der Waals surface area contributed by atoms with Crippen LogP contribution in [0.1, 0.15) is 98.3 Å². The van der Waals surface area contributed by atoms with E-state index >= 15 is 0 Å². The molecule has 0 radical (unpaired) electrons. The van der Waals surface area contributed by atoms with Crippen LogP contribution >= 0.6 is 0 Å². The van der Waals surface area contributed by atoms with Gasteiger partial charge in [0.2, 0.25) is 10.4 Å². The average Bonchev–Trinajstić information content (AvgIpc) is 2.71. The van der Waals surface area contributed by atoms with E-state index in [0.717, 1.165) is 25.3 Å². The summed E-state index contributed by atoms with van der Waals surface area (Å²) in [6, 6.07) is 0.818. The molecule has 0 aromatic rings. The molecule has 8 nitrogen and oxygen atoms in total. The fraction of sp³-hybridized carbons (Fsp3) is 1.00. The molecular formula is C21H48NNaO7SSi. The monoisotopic (exact) mass is 509 g/mol. The third-order valence-corrected chi connectivity index (χ3v) is 8.11. The van der Waals surface area contributed by atoms with E-state index in [1.165, 1.54) is 44.9 Å². The van der Waals surface area contributed by atoms with Crippen molar-refractivity contribution in [2.75, 3.05) is 33.0 Å². The summed E-state index contributed by atoms with van der Waals surface area (Å²) in [4.78, 5) is 0. The predicted octanol–water partition coefficient (Wildman–Crippen LogP) is 1.77. The van der Waals surface area contributed by atoms with E-state index < -0.39 is 19.2 Å². The van der Waals surface area contributed by atoms with E-state index in [9.17, 15) is 13.0 Å². The average molecular weight is 510 g/mol. The molecule has 0 rings (SSSR count). The summed E-state index contributed by atoms with van der Waals surface area (Å²) in [7, 11) is -6.88.